The largest absolute Gasteiger partial charge is 0.462 e. The monoisotopic (exact) mass is 624 g/mol. The van der Waals surface area contributed by atoms with Crippen LogP contribution in [0.15, 0.2) is 115 Å². The summed E-state index contributed by atoms with van der Waals surface area (Å²) in [6.45, 7) is 2.12. The molecule has 0 aromatic heterocycles. The van der Waals surface area contributed by atoms with E-state index in [1.807, 2.05) is 72.8 Å². The molecular weight excluding hydrogens is 592 g/mol. The number of hydrogen-bond acceptors (Lipinski definition) is 6. The fraction of sp³-hybridized carbons (Fsp3) is 0.154. The standard InChI is InChI=1S/C39H32N2O6/c1-2-45-37(42)24-19-20-35(40-38(43)46-22-33-29-15-7-3-11-25(29)26-12-4-8-16-30(26)33)36(21-24)41-39(44)47-23-34-31-17-9-5-13-27(31)28-14-6-10-18-32(28)34/h3-21,33-34H,2,22-23H2,1H3,(H,40,43)(H,41,44). The van der Waals surface area contributed by atoms with E-state index in [1.165, 1.54) is 18.2 Å². The molecule has 0 spiro atoms. The van der Waals surface area contributed by atoms with Crippen molar-refractivity contribution in [2.24, 2.45) is 0 Å². The maximum absolute atomic E-state index is 13.2. The molecule has 0 saturated carbocycles. The Hall–Kier alpha value is -5.89. The van der Waals surface area contributed by atoms with E-state index in [2.05, 4.69) is 34.9 Å². The Morgan fingerprint density at radius 1 is 0.532 bits per heavy atom. The van der Waals surface area contributed by atoms with Crippen molar-refractivity contribution in [3.05, 3.63) is 143 Å². The van der Waals surface area contributed by atoms with E-state index in [0.29, 0.717) is 0 Å². The van der Waals surface area contributed by atoms with Crippen molar-refractivity contribution in [3.8, 4) is 22.3 Å². The predicted octanol–water partition coefficient (Wildman–Crippen LogP) is 8.59. The average Bonchev–Trinajstić information content (AvgIpc) is 3.59. The van der Waals surface area contributed by atoms with E-state index in [0.717, 1.165) is 44.5 Å². The first-order chi connectivity index (χ1) is 23.0. The van der Waals surface area contributed by atoms with E-state index >= 15 is 0 Å². The van der Waals surface area contributed by atoms with Gasteiger partial charge in [0.15, 0.2) is 0 Å². The summed E-state index contributed by atoms with van der Waals surface area (Å²) in [7, 11) is 0. The lowest BCUT2D eigenvalue weighted by Gasteiger charge is -2.17. The Kier molecular flexibility index (Phi) is 8.14. The maximum atomic E-state index is 13.2. The van der Waals surface area contributed by atoms with Crippen LogP contribution < -0.4 is 10.6 Å². The van der Waals surface area contributed by atoms with E-state index in [-0.39, 0.29) is 48.6 Å². The summed E-state index contributed by atoms with van der Waals surface area (Å²) in [4.78, 5) is 38.8. The minimum atomic E-state index is -0.733. The van der Waals surface area contributed by atoms with Crippen molar-refractivity contribution in [3.63, 3.8) is 0 Å². The van der Waals surface area contributed by atoms with Gasteiger partial charge in [0, 0.05) is 11.8 Å². The van der Waals surface area contributed by atoms with Crippen LogP contribution in [-0.2, 0) is 14.2 Å². The van der Waals surface area contributed by atoms with Crippen molar-refractivity contribution in [1.82, 2.24) is 0 Å². The molecule has 0 atom stereocenters. The molecule has 5 aromatic rings. The Bertz CT molecular complexity index is 1910. The average molecular weight is 625 g/mol. The Balaban J connectivity index is 1.06. The molecule has 0 unspecified atom stereocenters. The highest BCUT2D eigenvalue weighted by Gasteiger charge is 2.30. The van der Waals surface area contributed by atoms with Crippen LogP contribution in [0.1, 0.15) is 51.4 Å². The topological polar surface area (TPSA) is 103 Å². The highest BCUT2D eigenvalue weighted by Crippen LogP contribution is 2.45. The number of nitrogens with one attached hydrogen (secondary N) is 2. The lowest BCUT2D eigenvalue weighted by Crippen LogP contribution is -2.21. The van der Waals surface area contributed by atoms with Gasteiger partial charge in [0.1, 0.15) is 13.2 Å². The third kappa shape index (κ3) is 5.81. The number of carbonyl (C=O) groups excluding carboxylic acids is 3. The first-order valence-electron chi connectivity index (χ1n) is 15.6. The van der Waals surface area contributed by atoms with Gasteiger partial charge in [-0.15, -0.1) is 0 Å². The molecule has 0 radical (unpaired) electrons. The molecule has 234 valence electrons. The van der Waals surface area contributed by atoms with Crippen LogP contribution in [0.2, 0.25) is 0 Å². The lowest BCUT2D eigenvalue weighted by atomic mass is 9.98. The lowest BCUT2D eigenvalue weighted by molar-refractivity contribution is 0.0526. The van der Waals surface area contributed by atoms with E-state index in [1.54, 1.807) is 6.92 Å². The minimum absolute atomic E-state index is 0.104. The molecule has 0 fully saturated rings. The summed E-state index contributed by atoms with van der Waals surface area (Å²) in [5, 5.41) is 5.43. The number of anilines is 2. The van der Waals surface area contributed by atoms with Crippen molar-refractivity contribution in [1.29, 1.82) is 0 Å². The molecule has 47 heavy (non-hydrogen) atoms. The number of ether oxygens (including phenoxy) is 3. The zero-order valence-corrected chi connectivity index (χ0v) is 25.7. The first kappa shape index (κ1) is 29.8. The quantitative estimate of drug-likeness (QED) is 0.132. The number of benzene rings is 5. The minimum Gasteiger partial charge on any atom is -0.462 e. The smallest absolute Gasteiger partial charge is 0.411 e. The second kappa shape index (κ2) is 12.8. The Morgan fingerprint density at radius 3 is 1.36 bits per heavy atom. The zero-order chi connectivity index (χ0) is 32.3. The molecule has 2 amide bonds. The number of carbonyl (C=O) groups is 3. The van der Waals surface area contributed by atoms with Gasteiger partial charge in [-0.05, 0) is 69.6 Å². The first-order valence-corrected chi connectivity index (χ1v) is 15.6. The zero-order valence-electron chi connectivity index (χ0n) is 25.7. The summed E-state index contributed by atoms with van der Waals surface area (Å²) in [6, 6.07) is 36.8. The highest BCUT2D eigenvalue weighted by atomic mass is 16.6. The number of fused-ring (bicyclic) bond motifs is 6. The fourth-order valence-electron chi connectivity index (χ4n) is 6.59. The predicted molar refractivity (Wildman–Crippen MR) is 180 cm³/mol. The molecule has 8 nitrogen and oxygen atoms in total. The SMILES string of the molecule is CCOC(=O)c1ccc(NC(=O)OCC2c3ccccc3-c3ccccc32)c(NC(=O)OCC2c3ccccc3-c3ccccc32)c1. The van der Waals surface area contributed by atoms with Gasteiger partial charge in [0.05, 0.1) is 23.5 Å². The van der Waals surface area contributed by atoms with Gasteiger partial charge in [-0.25, -0.2) is 14.4 Å². The molecule has 0 bridgehead atoms. The molecule has 2 N–H and O–H groups in total. The van der Waals surface area contributed by atoms with Crippen LogP contribution in [0.25, 0.3) is 22.3 Å². The summed E-state index contributed by atoms with van der Waals surface area (Å²) >= 11 is 0. The van der Waals surface area contributed by atoms with Crippen molar-refractivity contribution in [2.45, 2.75) is 18.8 Å². The van der Waals surface area contributed by atoms with Crippen LogP contribution in [0.3, 0.4) is 0 Å². The van der Waals surface area contributed by atoms with Crippen molar-refractivity contribution < 1.29 is 28.6 Å². The summed E-state index contributed by atoms with van der Waals surface area (Å²) in [5.74, 6) is -0.800. The second-order valence-electron chi connectivity index (χ2n) is 11.4. The van der Waals surface area contributed by atoms with Crippen molar-refractivity contribution in [2.75, 3.05) is 30.5 Å². The van der Waals surface area contributed by atoms with Gasteiger partial charge in [-0.1, -0.05) is 97.1 Å². The number of amides is 2. The maximum Gasteiger partial charge on any atom is 0.411 e. The second-order valence-corrected chi connectivity index (χ2v) is 11.4. The van der Waals surface area contributed by atoms with E-state index < -0.39 is 18.2 Å². The van der Waals surface area contributed by atoms with Crippen LogP contribution in [0, 0.1) is 0 Å². The molecule has 0 saturated heterocycles. The number of hydrogen-bond donors (Lipinski definition) is 2. The molecule has 7 rings (SSSR count). The van der Waals surface area contributed by atoms with Gasteiger partial charge >= 0.3 is 18.2 Å². The number of esters is 1. The molecule has 0 aliphatic heterocycles. The summed E-state index contributed by atoms with van der Waals surface area (Å²) < 4.78 is 16.6. The molecule has 5 aromatic carbocycles. The summed E-state index contributed by atoms with van der Waals surface area (Å²) in [5.41, 5.74) is 9.47. The molecule has 2 aliphatic rings. The van der Waals surface area contributed by atoms with Gasteiger partial charge < -0.3 is 14.2 Å². The third-order valence-corrected chi connectivity index (χ3v) is 8.69. The molecular formula is C39H32N2O6. The van der Waals surface area contributed by atoms with E-state index in [4.69, 9.17) is 14.2 Å². The van der Waals surface area contributed by atoms with Crippen LogP contribution in [-0.4, -0.2) is 38.0 Å². The summed E-state index contributed by atoms with van der Waals surface area (Å²) in [6.07, 6.45) is -1.44. The third-order valence-electron chi connectivity index (χ3n) is 8.69. The molecule has 8 heteroatoms. The highest BCUT2D eigenvalue weighted by molar-refractivity contribution is 5.99. The fourth-order valence-corrected chi connectivity index (χ4v) is 6.59. The van der Waals surface area contributed by atoms with E-state index in [9.17, 15) is 14.4 Å². The normalized spacial score (nSPS) is 12.7. The molecule has 0 heterocycles. The Labute approximate surface area is 272 Å². The van der Waals surface area contributed by atoms with Gasteiger partial charge in [-0.3, -0.25) is 10.6 Å². The molecule has 2 aliphatic carbocycles. The van der Waals surface area contributed by atoms with Crippen LogP contribution >= 0.6 is 0 Å². The van der Waals surface area contributed by atoms with Gasteiger partial charge in [-0.2, -0.15) is 0 Å². The number of rotatable bonds is 8. The van der Waals surface area contributed by atoms with Gasteiger partial charge in [0.2, 0.25) is 0 Å². The van der Waals surface area contributed by atoms with Crippen LogP contribution in [0.5, 0.6) is 0 Å². The van der Waals surface area contributed by atoms with Crippen LogP contribution in [0.4, 0.5) is 21.0 Å². The van der Waals surface area contributed by atoms with Gasteiger partial charge in [0.25, 0.3) is 0 Å². The van der Waals surface area contributed by atoms with Crippen molar-refractivity contribution >= 4 is 29.5 Å². The Morgan fingerprint density at radius 2 is 0.936 bits per heavy atom.